The fourth-order valence-electron chi connectivity index (χ4n) is 3.65. The topological polar surface area (TPSA) is 66.9 Å². The fraction of sp³-hybridized carbons (Fsp3) is 0.179. The predicted molar refractivity (Wildman–Crippen MR) is 134 cm³/mol. The molecule has 0 radical (unpaired) electrons. The third-order valence-corrected chi connectivity index (χ3v) is 5.49. The van der Waals surface area contributed by atoms with E-state index in [1.54, 1.807) is 6.33 Å². The number of carbonyl (C=O) groups is 1. The van der Waals surface area contributed by atoms with Crippen LogP contribution in [0.4, 0.5) is 11.5 Å². The van der Waals surface area contributed by atoms with Crippen LogP contribution in [0, 0.1) is 6.92 Å². The summed E-state index contributed by atoms with van der Waals surface area (Å²) in [7, 11) is 0. The van der Waals surface area contributed by atoms with Crippen molar-refractivity contribution in [1.29, 1.82) is 0 Å². The molecule has 1 aromatic heterocycles. The summed E-state index contributed by atoms with van der Waals surface area (Å²) in [6, 6.07) is 28.0. The van der Waals surface area contributed by atoms with E-state index in [4.69, 9.17) is 0 Å². The van der Waals surface area contributed by atoms with Crippen LogP contribution >= 0.6 is 0 Å². The van der Waals surface area contributed by atoms with Gasteiger partial charge in [-0.25, -0.2) is 9.97 Å². The van der Waals surface area contributed by atoms with Crippen LogP contribution in [-0.2, 0) is 6.42 Å². The summed E-state index contributed by atoms with van der Waals surface area (Å²) in [5, 5.41) is 6.38. The Morgan fingerprint density at radius 1 is 0.909 bits per heavy atom. The van der Waals surface area contributed by atoms with Gasteiger partial charge in [-0.1, -0.05) is 54.1 Å². The molecule has 0 spiro atoms. The van der Waals surface area contributed by atoms with Crippen molar-refractivity contribution in [2.24, 2.45) is 0 Å². The summed E-state index contributed by atoms with van der Waals surface area (Å²) in [6.45, 7) is 4.10. The maximum absolute atomic E-state index is 12.6. The second-order valence-corrected chi connectivity index (χ2v) is 8.26. The van der Waals surface area contributed by atoms with E-state index in [-0.39, 0.29) is 11.9 Å². The second-order valence-electron chi connectivity index (χ2n) is 8.26. The normalized spacial score (nSPS) is 11.6. The SMILES string of the molecule is Cc1cccc(-c2cc(Nc3ccc(C(=O)N[C@H](C)CCc4ccccc4)cc3)ncn2)c1. The first kappa shape index (κ1) is 22.2. The summed E-state index contributed by atoms with van der Waals surface area (Å²) < 4.78 is 0. The lowest BCUT2D eigenvalue weighted by Crippen LogP contribution is -2.32. The molecular formula is C28H28N4O. The molecule has 0 aliphatic rings. The molecule has 0 aliphatic carbocycles. The van der Waals surface area contributed by atoms with E-state index in [1.807, 2.05) is 67.6 Å². The maximum atomic E-state index is 12.6. The Morgan fingerprint density at radius 3 is 2.45 bits per heavy atom. The standard InChI is InChI=1S/C28H28N4O/c1-20-7-6-10-24(17-20)26-18-27(30-19-29-26)32-25-15-13-23(14-16-25)28(33)31-21(2)11-12-22-8-4-3-5-9-22/h3-10,13-19,21H,11-12H2,1-2H3,(H,31,33)(H,29,30,32)/t21-/m1/s1. The van der Waals surface area contributed by atoms with Crippen molar-refractivity contribution in [3.63, 3.8) is 0 Å². The van der Waals surface area contributed by atoms with Crippen LogP contribution in [0.1, 0.15) is 34.8 Å². The molecule has 0 saturated carbocycles. The first-order valence-electron chi connectivity index (χ1n) is 11.2. The van der Waals surface area contributed by atoms with Crippen molar-refractivity contribution >= 4 is 17.4 Å². The average Bonchev–Trinajstić information content (AvgIpc) is 2.84. The molecule has 2 N–H and O–H groups in total. The molecule has 0 saturated heterocycles. The molecule has 1 heterocycles. The number of benzene rings is 3. The minimum atomic E-state index is -0.0640. The van der Waals surface area contributed by atoms with Gasteiger partial charge in [0.25, 0.3) is 5.91 Å². The smallest absolute Gasteiger partial charge is 0.251 e. The third-order valence-electron chi connectivity index (χ3n) is 5.49. The Balaban J connectivity index is 1.34. The van der Waals surface area contributed by atoms with Crippen molar-refractivity contribution in [2.45, 2.75) is 32.7 Å². The lowest BCUT2D eigenvalue weighted by Gasteiger charge is -2.14. The number of aryl methyl sites for hydroxylation is 2. The maximum Gasteiger partial charge on any atom is 0.251 e. The molecule has 0 bridgehead atoms. The number of hydrogen-bond acceptors (Lipinski definition) is 4. The van der Waals surface area contributed by atoms with Crippen molar-refractivity contribution in [1.82, 2.24) is 15.3 Å². The molecule has 5 nitrogen and oxygen atoms in total. The van der Waals surface area contributed by atoms with Gasteiger partial charge in [0.15, 0.2) is 0 Å². The lowest BCUT2D eigenvalue weighted by atomic mass is 10.1. The van der Waals surface area contributed by atoms with E-state index in [2.05, 4.69) is 51.8 Å². The molecule has 0 aliphatic heterocycles. The van der Waals surface area contributed by atoms with Gasteiger partial charge in [0, 0.05) is 28.9 Å². The number of anilines is 2. The zero-order valence-corrected chi connectivity index (χ0v) is 19.0. The van der Waals surface area contributed by atoms with Crippen LogP contribution in [-0.4, -0.2) is 21.9 Å². The van der Waals surface area contributed by atoms with Gasteiger partial charge in [0.1, 0.15) is 12.1 Å². The summed E-state index contributed by atoms with van der Waals surface area (Å²) in [6.07, 6.45) is 3.39. The van der Waals surface area contributed by atoms with Crippen molar-refractivity contribution in [3.05, 3.63) is 108 Å². The average molecular weight is 437 g/mol. The van der Waals surface area contributed by atoms with Crippen LogP contribution in [0.25, 0.3) is 11.3 Å². The van der Waals surface area contributed by atoms with E-state index in [9.17, 15) is 4.79 Å². The number of aromatic nitrogens is 2. The van der Waals surface area contributed by atoms with Gasteiger partial charge in [-0.15, -0.1) is 0 Å². The Hall–Kier alpha value is -3.99. The second kappa shape index (κ2) is 10.6. The Bertz CT molecular complexity index is 1210. The molecule has 0 fully saturated rings. The van der Waals surface area contributed by atoms with Crippen molar-refractivity contribution in [2.75, 3.05) is 5.32 Å². The van der Waals surface area contributed by atoms with Crippen LogP contribution in [0.5, 0.6) is 0 Å². The number of nitrogens with one attached hydrogen (secondary N) is 2. The molecule has 0 unspecified atom stereocenters. The lowest BCUT2D eigenvalue weighted by molar-refractivity contribution is 0.0938. The molecule has 33 heavy (non-hydrogen) atoms. The van der Waals surface area contributed by atoms with E-state index in [1.165, 1.54) is 11.1 Å². The number of amides is 1. The molecule has 3 aromatic carbocycles. The predicted octanol–water partition coefficient (Wildman–Crippen LogP) is 5.95. The Kier molecular flexibility index (Phi) is 7.10. The minimum Gasteiger partial charge on any atom is -0.350 e. The van der Waals surface area contributed by atoms with Crippen molar-refractivity contribution in [3.8, 4) is 11.3 Å². The molecule has 1 atom stereocenters. The number of hydrogen-bond donors (Lipinski definition) is 2. The summed E-state index contributed by atoms with van der Waals surface area (Å²) in [5.74, 6) is 0.638. The van der Waals surface area contributed by atoms with Crippen LogP contribution in [0.3, 0.4) is 0 Å². The van der Waals surface area contributed by atoms with E-state index in [0.717, 1.165) is 29.8 Å². The quantitative estimate of drug-likeness (QED) is 0.358. The highest BCUT2D eigenvalue weighted by Gasteiger charge is 2.10. The number of nitrogens with zero attached hydrogens (tertiary/aromatic N) is 2. The van der Waals surface area contributed by atoms with Crippen molar-refractivity contribution < 1.29 is 4.79 Å². The van der Waals surface area contributed by atoms with E-state index >= 15 is 0 Å². The summed E-state index contributed by atoms with van der Waals surface area (Å²) >= 11 is 0. The van der Waals surface area contributed by atoms with Crippen LogP contribution in [0.15, 0.2) is 91.3 Å². The van der Waals surface area contributed by atoms with Gasteiger partial charge in [0.05, 0.1) is 5.69 Å². The Morgan fingerprint density at radius 2 is 1.70 bits per heavy atom. The van der Waals surface area contributed by atoms with Crippen LogP contribution in [0.2, 0.25) is 0 Å². The minimum absolute atomic E-state index is 0.0640. The third kappa shape index (κ3) is 6.26. The summed E-state index contributed by atoms with van der Waals surface area (Å²) in [5.41, 5.74) is 5.87. The molecule has 4 aromatic rings. The van der Waals surface area contributed by atoms with Gasteiger partial charge in [-0.05, 0) is 62.6 Å². The zero-order valence-electron chi connectivity index (χ0n) is 19.0. The Labute approximate surface area is 194 Å². The monoisotopic (exact) mass is 436 g/mol. The highest BCUT2D eigenvalue weighted by atomic mass is 16.1. The molecule has 1 amide bonds. The van der Waals surface area contributed by atoms with E-state index in [0.29, 0.717) is 11.4 Å². The summed E-state index contributed by atoms with van der Waals surface area (Å²) in [4.78, 5) is 21.3. The van der Waals surface area contributed by atoms with Crippen LogP contribution < -0.4 is 10.6 Å². The number of carbonyl (C=O) groups excluding carboxylic acids is 1. The van der Waals surface area contributed by atoms with Gasteiger partial charge in [0.2, 0.25) is 0 Å². The molecule has 4 rings (SSSR count). The largest absolute Gasteiger partial charge is 0.350 e. The van der Waals surface area contributed by atoms with Gasteiger partial charge in [-0.3, -0.25) is 4.79 Å². The first-order valence-corrected chi connectivity index (χ1v) is 11.2. The highest BCUT2D eigenvalue weighted by molar-refractivity contribution is 5.94. The molecule has 166 valence electrons. The van der Waals surface area contributed by atoms with E-state index < -0.39 is 0 Å². The zero-order chi connectivity index (χ0) is 23.0. The first-order chi connectivity index (χ1) is 16.1. The molecule has 5 heteroatoms. The fourth-order valence-corrected chi connectivity index (χ4v) is 3.65. The van der Waals surface area contributed by atoms with Gasteiger partial charge >= 0.3 is 0 Å². The molecular weight excluding hydrogens is 408 g/mol. The van der Waals surface area contributed by atoms with Gasteiger partial charge in [-0.2, -0.15) is 0 Å². The highest BCUT2D eigenvalue weighted by Crippen LogP contribution is 2.22. The number of rotatable bonds is 8. The van der Waals surface area contributed by atoms with Gasteiger partial charge < -0.3 is 10.6 Å².